The van der Waals surface area contributed by atoms with Crippen LogP contribution in [0.5, 0.6) is 0 Å². The number of nitrogens with zero attached hydrogens (tertiary/aromatic N) is 1. The molecule has 0 bridgehead atoms. The summed E-state index contributed by atoms with van der Waals surface area (Å²) in [6.07, 6.45) is 9.49. The van der Waals surface area contributed by atoms with Crippen molar-refractivity contribution in [3.05, 3.63) is 34.5 Å². The highest BCUT2D eigenvalue weighted by Gasteiger charge is 2.18. The summed E-state index contributed by atoms with van der Waals surface area (Å²) in [6.45, 7) is 1.94. The minimum atomic E-state index is -3.87. The van der Waals surface area contributed by atoms with Gasteiger partial charge >= 0.3 is 0 Å². The smallest absolute Gasteiger partial charge is 0.263 e. The van der Waals surface area contributed by atoms with E-state index in [9.17, 15) is 12.8 Å². The molecule has 1 fully saturated rings. The highest BCUT2D eigenvalue weighted by Crippen LogP contribution is 2.27. The minimum absolute atomic E-state index is 0.00387. The summed E-state index contributed by atoms with van der Waals surface area (Å²) < 4.78 is 40.0. The topological polar surface area (TPSA) is 83.1 Å². The first-order valence-corrected chi connectivity index (χ1v) is 12.5. The van der Waals surface area contributed by atoms with Crippen LogP contribution < -0.4 is 15.4 Å². The van der Waals surface area contributed by atoms with E-state index in [2.05, 4.69) is 20.3 Å². The lowest BCUT2D eigenvalue weighted by Gasteiger charge is -2.11. The van der Waals surface area contributed by atoms with Gasteiger partial charge in [-0.3, -0.25) is 4.72 Å². The molecule has 1 aromatic heterocycles. The second-order valence-corrected chi connectivity index (χ2v) is 10.2. The van der Waals surface area contributed by atoms with Crippen molar-refractivity contribution in [1.82, 2.24) is 10.3 Å². The molecule has 1 aromatic carbocycles. The number of benzene rings is 1. The predicted octanol–water partition coefficient (Wildman–Crippen LogP) is 4.85. The van der Waals surface area contributed by atoms with Gasteiger partial charge in [-0.15, -0.1) is 0 Å². The summed E-state index contributed by atoms with van der Waals surface area (Å²) in [6, 6.07) is 5.20. The SMILES string of the molecule is O=S(=O)(Nc1ncc(F)s1)c1ccc(NCCCCCC[C@@H]2CCCN2)c(Cl)c1. The Balaban J connectivity index is 1.41. The van der Waals surface area contributed by atoms with Gasteiger partial charge in [0, 0.05) is 12.6 Å². The van der Waals surface area contributed by atoms with Crippen molar-refractivity contribution in [2.24, 2.45) is 0 Å². The molecule has 1 aliphatic heterocycles. The van der Waals surface area contributed by atoms with Gasteiger partial charge in [0.1, 0.15) is 0 Å². The van der Waals surface area contributed by atoms with Crippen LogP contribution >= 0.6 is 22.9 Å². The molecule has 160 valence electrons. The highest BCUT2D eigenvalue weighted by atomic mass is 35.5. The van der Waals surface area contributed by atoms with Crippen LogP contribution in [0.4, 0.5) is 15.2 Å². The normalized spacial score (nSPS) is 16.8. The number of anilines is 2. The molecule has 6 nitrogen and oxygen atoms in total. The molecular formula is C19H26ClFN4O2S2. The van der Waals surface area contributed by atoms with Crippen LogP contribution in [-0.2, 0) is 10.0 Å². The fourth-order valence-corrected chi connectivity index (χ4v) is 5.50. The van der Waals surface area contributed by atoms with Crippen LogP contribution in [-0.4, -0.2) is 32.5 Å². The van der Waals surface area contributed by atoms with E-state index in [0.717, 1.165) is 32.1 Å². The minimum Gasteiger partial charge on any atom is -0.384 e. The van der Waals surface area contributed by atoms with Gasteiger partial charge in [-0.25, -0.2) is 13.4 Å². The quantitative estimate of drug-likeness (QED) is 0.417. The van der Waals surface area contributed by atoms with Gasteiger partial charge in [0.25, 0.3) is 10.0 Å². The third kappa shape index (κ3) is 6.80. The second kappa shape index (κ2) is 10.6. The van der Waals surface area contributed by atoms with Gasteiger partial charge in [0.2, 0.25) is 0 Å². The molecule has 1 atom stereocenters. The van der Waals surface area contributed by atoms with E-state index in [4.69, 9.17) is 11.6 Å². The largest absolute Gasteiger partial charge is 0.384 e. The van der Waals surface area contributed by atoms with Crippen LogP contribution in [0.1, 0.15) is 44.9 Å². The standard InChI is InChI=1S/C19H26ClFN4O2S2/c20-16-12-15(29(26,27)25-19-24-13-18(21)28-19)8-9-17(16)23-10-4-2-1-3-6-14-7-5-11-22-14/h8-9,12-14,22-23H,1-7,10-11H2,(H,24,25)/t14-/m1/s1. The fraction of sp³-hybridized carbons (Fsp3) is 0.526. The number of hydrogen-bond acceptors (Lipinski definition) is 6. The molecule has 1 saturated heterocycles. The number of hydrogen-bond donors (Lipinski definition) is 3. The van der Waals surface area contributed by atoms with Crippen molar-refractivity contribution in [2.75, 3.05) is 23.1 Å². The van der Waals surface area contributed by atoms with Gasteiger partial charge in [-0.05, 0) is 50.4 Å². The molecule has 1 aliphatic rings. The molecular weight excluding hydrogens is 435 g/mol. The van der Waals surface area contributed by atoms with E-state index >= 15 is 0 Å². The zero-order valence-electron chi connectivity index (χ0n) is 16.1. The molecule has 0 spiro atoms. The Morgan fingerprint density at radius 2 is 2.10 bits per heavy atom. The van der Waals surface area contributed by atoms with Crippen molar-refractivity contribution < 1.29 is 12.8 Å². The Morgan fingerprint density at radius 3 is 2.79 bits per heavy atom. The molecule has 3 rings (SSSR count). The maximum atomic E-state index is 13.0. The number of halogens is 2. The van der Waals surface area contributed by atoms with Crippen LogP contribution in [0.2, 0.25) is 5.02 Å². The number of aromatic nitrogens is 1. The first kappa shape index (κ1) is 22.3. The van der Waals surface area contributed by atoms with Gasteiger partial charge < -0.3 is 10.6 Å². The summed E-state index contributed by atoms with van der Waals surface area (Å²) in [5, 5.41) is 6.52. The highest BCUT2D eigenvalue weighted by molar-refractivity contribution is 7.93. The molecule has 10 heteroatoms. The van der Waals surface area contributed by atoms with E-state index in [-0.39, 0.29) is 10.0 Å². The average molecular weight is 461 g/mol. The first-order chi connectivity index (χ1) is 13.9. The first-order valence-electron chi connectivity index (χ1n) is 9.85. The van der Waals surface area contributed by atoms with E-state index in [1.165, 1.54) is 44.2 Å². The number of sulfonamides is 1. The summed E-state index contributed by atoms with van der Waals surface area (Å²) in [5.41, 5.74) is 0.695. The number of nitrogens with one attached hydrogen (secondary N) is 3. The Hall–Kier alpha value is -1.42. The summed E-state index contributed by atoms with van der Waals surface area (Å²) in [4.78, 5) is 3.67. The van der Waals surface area contributed by atoms with Crippen molar-refractivity contribution in [3.8, 4) is 0 Å². The Morgan fingerprint density at radius 1 is 1.28 bits per heavy atom. The van der Waals surface area contributed by atoms with E-state index in [1.54, 1.807) is 6.07 Å². The molecule has 0 saturated carbocycles. The average Bonchev–Trinajstić information content (AvgIpc) is 3.33. The lowest BCUT2D eigenvalue weighted by molar-refractivity contribution is 0.511. The molecule has 0 amide bonds. The van der Waals surface area contributed by atoms with Gasteiger partial charge in [0.05, 0.1) is 21.8 Å². The fourth-order valence-electron chi connectivity index (χ4n) is 3.38. The molecule has 0 aliphatic carbocycles. The number of rotatable bonds is 11. The van der Waals surface area contributed by atoms with Crippen LogP contribution in [0.25, 0.3) is 0 Å². The van der Waals surface area contributed by atoms with Crippen LogP contribution in [0.3, 0.4) is 0 Å². The van der Waals surface area contributed by atoms with Crippen LogP contribution in [0, 0.1) is 5.13 Å². The van der Waals surface area contributed by atoms with E-state index in [0.29, 0.717) is 28.1 Å². The van der Waals surface area contributed by atoms with Crippen molar-refractivity contribution >= 4 is 43.8 Å². The summed E-state index contributed by atoms with van der Waals surface area (Å²) in [7, 11) is -3.87. The lowest BCUT2D eigenvalue weighted by Crippen LogP contribution is -2.20. The Labute approximate surface area is 180 Å². The Kier molecular flexibility index (Phi) is 8.11. The third-order valence-corrected chi connectivity index (χ3v) is 7.39. The molecule has 3 N–H and O–H groups in total. The molecule has 2 heterocycles. The summed E-state index contributed by atoms with van der Waals surface area (Å²) in [5.74, 6) is 0. The maximum absolute atomic E-state index is 13.0. The molecule has 0 radical (unpaired) electrons. The monoisotopic (exact) mass is 460 g/mol. The molecule has 2 aromatic rings. The van der Waals surface area contributed by atoms with Gasteiger partial charge in [0.15, 0.2) is 10.3 Å². The predicted molar refractivity (Wildman–Crippen MR) is 117 cm³/mol. The zero-order chi connectivity index (χ0) is 20.7. The van der Waals surface area contributed by atoms with Gasteiger partial charge in [-0.2, -0.15) is 4.39 Å². The van der Waals surface area contributed by atoms with Gasteiger partial charge in [-0.1, -0.05) is 42.2 Å². The van der Waals surface area contributed by atoms with E-state index in [1.807, 2.05) is 0 Å². The Bertz CT molecular complexity index is 901. The summed E-state index contributed by atoms with van der Waals surface area (Å²) >= 11 is 6.87. The zero-order valence-corrected chi connectivity index (χ0v) is 18.5. The van der Waals surface area contributed by atoms with Crippen molar-refractivity contribution in [1.29, 1.82) is 0 Å². The number of thiazole rings is 1. The van der Waals surface area contributed by atoms with Crippen LogP contribution in [0.15, 0.2) is 29.3 Å². The lowest BCUT2D eigenvalue weighted by atomic mass is 10.1. The molecule has 29 heavy (non-hydrogen) atoms. The second-order valence-electron chi connectivity index (χ2n) is 7.14. The molecule has 0 unspecified atom stereocenters. The maximum Gasteiger partial charge on any atom is 0.263 e. The third-order valence-electron chi connectivity index (χ3n) is 4.91. The number of unbranched alkanes of at least 4 members (excludes halogenated alkanes) is 3. The van der Waals surface area contributed by atoms with Crippen molar-refractivity contribution in [2.45, 2.75) is 55.9 Å². The van der Waals surface area contributed by atoms with Crippen molar-refractivity contribution in [3.63, 3.8) is 0 Å². The van der Waals surface area contributed by atoms with E-state index < -0.39 is 15.2 Å².